The number of aliphatic hydroxyl groups excluding tert-OH is 1. The van der Waals surface area contributed by atoms with E-state index in [-0.39, 0.29) is 30.2 Å². The molecule has 0 spiro atoms. The zero-order valence-electron chi connectivity index (χ0n) is 12.6. The van der Waals surface area contributed by atoms with E-state index in [1.165, 1.54) is 0 Å². The average molecular weight is 269 g/mol. The molecular weight excluding hydrogens is 242 g/mol. The second-order valence-electron chi connectivity index (χ2n) is 7.20. The number of carbonyl (C=O) groups excluding carboxylic acids is 1. The predicted molar refractivity (Wildman–Crippen MR) is 73.9 cm³/mol. The number of likely N-dealkylation sites (tertiary alicyclic amines) is 1. The van der Waals surface area contributed by atoms with Gasteiger partial charge in [-0.15, -0.1) is 0 Å². The van der Waals surface area contributed by atoms with Gasteiger partial charge in [0, 0.05) is 17.5 Å². The van der Waals surface area contributed by atoms with Crippen molar-refractivity contribution in [3.8, 4) is 0 Å². The number of hydrogen-bond acceptors (Lipinski definition) is 3. The van der Waals surface area contributed by atoms with Crippen molar-refractivity contribution < 1.29 is 14.6 Å². The molecule has 0 aromatic carbocycles. The summed E-state index contributed by atoms with van der Waals surface area (Å²) in [6.07, 6.45) is 4.87. The van der Waals surface area contributed by atoms with Gasteiger partial charge in [-0.1, -0.05) is 6.42 Å². The number of carbonyl (C=O) groups is 1. The van der Waals surface area contributed by atoms with E-state index >= 15 is 0 Å². The van der Waals surface area contributed by atoms with Gasteiger partial charge in [0.05, 0.1) is 6.61 Å². The fraction of sp³-hybridized carbons (Fsp3) is 0.933. The molecular formula is C15H27NO3. The van der Waals surface area contributed by atoms with Crippen LogP contribution in [0.15, 0.2) is 0 Å². The molecule has 110 valence electrons. The molecule has 0 aromatic rings. The Morgan fingerprint density at radius 1 is 1.37 bits per heavy atom. The smallest absolute Gasteiger partial charge is 0.410 e. The summed E-state index contributed by atoms with van der Waals surface area (Å²) in [5.41, 5.74) is -0.544. The number of aliphatic hydroxyl groups is 1. The van der Waals surface area contributed by atoms with E-state index in [0.717, 1.165) is 32.1 Å². The highest BCUT2D eigenvalue weighted by molar-refractivity contribution is 5.69. The molecule has 0 radical (unpaired) electrons. The predicted octanol–water partition coefficient (Wildman–Crippen LogP) is 2.94. The Morgan fingerprint density at radius 2 is 2.05 bits per heavy atom. The van der Waals surface area contributed by atoms with Crippen LogP contribution in [0, 0.1) is 5.41 Å². The van der Waals surface area contributed by atoms with Crippen molar-refractivity contribution in [3.05, 3.63) is 0 Å². The maximum atomic E-state index is 12.4. The standard InChI is InChI=1S/C15H27NO3/c1-11-7-9-15(10-17)8-5-6-12(15)16(11)13(18)19-14(2,3)4/h11-12,17H,5-10H2,1-4H3/t11?,12-,15-/m1/s1. The Hall–Kier alpha value is -0.770. The number of nitrogens with zero attached hydrogens (tertiary/aromatic N) is 1. The van der Waals surface area contributed by atoms with Gasteiger partial charge in [0.1, 0.15) is 5.60 Å². The second kappa shape index (κ2) is 4.97. The summed E-state index contributed by atoms with van der Waals surface area (Å²) in [6, 6.07) is 0.355. The number of piperidine rings is 1. The molecule has 2 aliphatic rings. The zero-order chi connectivity index (χ0) is 14.3. The number of amides is 1. The van der Waals surface area contributed by atoms with Crippen LogP contribution in [0.4, 0.5) is 4.79 Å². The summed E-state index contributed by atoms with van der Waals surface area (Å²) in [5.74, 6) is 0. The summed E-state index contributed by atoms with van der Waals surface area (Å²) in [7, 11) is 0. The van der Waals surface area contributed by atoms with Crippen molar-refractivity contribution in [3.63, 3.8) is 0 Å². The number of rotatable bonds is 1. The van der Waals surface area contributed by atoms with Gasteiger partial charge in [-0.25, -0.2) is 4.79 Å². The molecule has 1 aliphatic carbocycles. The molecule has 2 rings (SSSR count). The molecule has 1 saturated heterocycles. The first kappa shape index (κ1) is 14.6. The van der Waals surface area contributed by atoms with E-state index in [1.807, 2.05) is 25.7 Å². The number of ether oxygens (including phenoxy) is 1. The lowest BCUT2D eigenvalue weighted by Crippen LogP contribution is -2.57. The van der Waals surface area contributed by atoms with Crippen LogP contribution in [0.2, 0.25) is 0 Å². The van der Waals surface area contributed by atoms with Crippen molar-refractivity contribution in [2.45, 2.75) is 77.5 Å². The highest BCUT2D eigenvalue weighted by Gasteiger charge is 2.51. The summed E-state index contributed by atoms with van der Waals surface area (Å²) < 4.78 is 5.55. The van der Waals surface area contributed by atoms with Gasteiger partial charge in [-0.2, -0.15) is 0 Å². The third-order valence-electron chi connectivity index (χ3n) is 4.65. The Bertz CT molecular complexity index is 350. The summed E-state index contributed by atoms with van der Waals surface area (Å²) >= 11 is 0. The quantitative estimate of drug-likeness (QED) is 0.796. The molecule has 19 heavy (non-hydrogen) atoms. The van der Waals surface area contributed by atoms with E-state index in [0.29, 0.717) is 0 Å². The van der Waals surface area contributed by atoms with E-state index < -0.39 is 5.60 Å². The molecule has 4 nitrogen and oxygen atoms in total. The zero-order valence-corrected chi connectivity index (χ0v) is 12.6. The summed E-state index contributed by atoms with van der Waals surface area (Å²) in [6.45, 7) is 7.96. The van der Waals surface area contributed by atoms with Gasteiger partial charge < -0.3 is 14.7 Å². The summed E-state index contributed by atoms with van der Waals surface area (Å²) in [4.78, 5) is 14.3. The normalized spacial score (nSPS) is 35.1. The third-order valence-corrected chi connectivity index (χ3v) is 4.65. The molecule has 1 N–H and O–H groups in total. The van der Waals surface area contributed by atoms with Gasteiger partial charge in [0.2, 0.25) is 0 Å². The van der Waals surface area contributed by atoms with Crippen LogP contribution < -0.4 is 0 Å². The first-order chi connectivity index (χ1) is 8.79. The Morgan fingerprint density at radius 3 is 2.63 bits per heavy atom. The highest BCUT2D eigenvalue weighted by Crippen LogP contribution is 2.49. The van der Waals surface area contributed by atoms with Crippen LogP contribution in [0.1, 0.15) is 59.8 Å². The van der Waals surface area contributed by atoms with Crippen LogP contribution in [-0.4, -0.2) is 40.4 Å². The minimum Gasteiger partial charge on any atom is -0.444 e. The Labute approximate surface area is 116 Å². The minimum absolute atomic E-state index is 0.0799. The maximum absolute atomic E-state index is 12.4. The largest absolute Gasteiger partial charge is 0.444 e. The average Bonchev–Trinajstić information content (AvgIpc) is 2.70. The van der Waals surface area contributed by atoms with Crippen LogP contribution in [0.25, 0.3) is 0 Å². The Kier molecular flexibility index (Phi) is 3.83. The number of hydrogen-bond donors (Lipinski definition) is 1. The molecule has 1 aliphatic heterocycles. The number of fused-ring (bicyclic) bond motifs is 1. The van der Waals surface area contributed by atoms with E-state index in [2.05, 4.69) is 6.92 Å². The second-order valence-corrected chi connectivity index (χ2v) is 7.20. The lowest BCUT2D eigenvalue weighted by Gasteiger charge is -2.48. The molecule has 4 heteroatoms. The van der Waals surface area contributed by atoms with Gasteiger partial charge in [0.15, 0.2) is 0 Å². The molecule has 1 heterocycles. The topological polar surface area (TPSA) is 49.8 Å². The first-order valence-electron chi connectivity index (χ1n) is 7.41. The first-order valence-corrected chi connectivity index (χ1v) is 7.41. The lowest BCUT2D eigenvalue weighted by atomic mass is 9.74. The van der Waals surface area contributed by atoms with Gasteiger partial charge >= 0.3 is 6.09 Å². The van der Waals surface area contributed by atoms with Gasteiger partial charge in [0.25, 0.3) is 0 Å². The molecule has 1 saturated carbocycles. The van der Waals surface area contributed by atoms with E-state index in [1.54, 1.807) is 0 Å². The van der Waals surface area contributed by atoms with Crippen LogP contribution in [0.3, 0.4) is 0 Å². The monoisotopic (exact) mass is 269 g/mol. The van der Waals surface area contributed by atoms with Crippen LogP contribution in [-0.2, 0) is 4.74 Å². The fourth-order valence-corrected chi connectivity index (χ4v) is 3.67. The molecule has 2 fully saturated rings. The van der Waals surface area contributed by atoms with Crippen molar-refractivity contribution in [2.75, 3.05) is 6.61 Å². The van der Waals surface area contributed by atoms with E-state index in [4.69, 9.17) is 4.74 Å². The lowest BCUT2D eigenvalue weighted by molar-refractivity contribution is -0.0487. The van der Waals surface area contributed by atoms with Crippen molar-refractivity contribution in [1.29, 1.82) is 0 Å². The summed E-state index contributed by atoms with van der Waals surface area (Å²) in [5, 5.41) is 9.79. The van der Waals surface area contributed by atoms with Crippen LogP contribution >= 0.6 is 0 Å². The third kappa shape index (κ3) is 2.73. The molecule has 0 aromatic heterocycles. The maximum Gasteiger partial charge on any atom is 0.410 e. The molecule has 1 amide bonds. The van der Waals surface area contributed by atoms with Gasteiger partial charge in [-0.3, -0.25) is 0 Å². The minimum atomic E-state index is -0.464. The van der Waals surface area contributed by atoms with Gasteiger partial charge in [-0.05, 0) is 53.4 Å². The van der Waals surface area contributed by atoms with Crippen molar-refractivity contribution >= 4 is 6.09 Å². The highest BCUT2D eigenvalue weighted by atomic mass is 16.6. The van der Waals surface area contributed by atoms with E-state index in [9.17, 15) is 9.90 Å². The fourth-order valence-electron chi connectivity index (χ4n) is 3.67. The molecule has 3 atom stereocenters. The van der Waals surface area contributed by atoms with Crippen molar-refractivity contribution in [2.24, 2.45) is 5.41 Å². The Balaban J connectivity index is 2.19. The van der Waals surface area contributed by atoms with Crippen molar-refractivity contribution in [1.82, 2.24) is 4.90 Å². The molecule has 0 bridgehead atoms. The van der Waals surface area contributed by atoms with Crippen LogP contribution in [0.5, 0.6) is 0 Å². The SMILES string of the molecule is CC1CC[C@@]2(CO)CCC[C@H]2N1C(=O)OC(C)(C)C. The molecule has 1 unspecified atom stereocenters.